The summed E-state index contributed by atoms with van der Waals surface area (Å²) in [5, 5.41) is 18.3. The number of carbonyl (C=O) groups is 4. The van der Waals surface area contributed by atoms with Gasteiger partial charge in [-0.25, -0.2) is 0 Å². The number of anilines is 1. The summed E-state index contributed by atoms with van der Waals surface area (Å²) in [7, 11) is 2.12. The second-order valence-corrected chi connectivity index (χ2v) is 17.7. The summed E-state index contributed by atoms with van der Waals surface area (Å²) in [6.45, 7) is 7.26. The molecule has 366 valence electrons. The number of aromatic nitrogens is 4. The van der Waals surface area contributed by atoms with Gasteiger partial charge in [0.25, 0.3) is 11.8 Å². The molecule has 3 aromatic carbocycles. The summed E-state index contributed by atoms with van der Waals surface area (Å²) in [5.41, 5.74) is 4.14. The zero-order valence-electron chi connectivity index (χ0n) is 39.2. The molecule has 0 aliphatic carbocycles. The van der Waals surface area contributed by atoms with Gasteiger partial charge in [0, 0.05) is 80.6 Å². The minimum absolute atomic E-state index is 0. The van der Waals surface area contributed by atoms with Gasteiger partial charge in [0.05, 0.1) is 24.8 Å². The number of benzene rings is 3. The molecule has 2 saturated heterocycles. The second kappa shape index (κ2) is 24.2. The number of hydrogen-bond donors (Lipinski definition) is 4. The molecule has 17 nitrogen and oxygen atoms in total. The molecule has 3 aliphatic heterocycles. The average Bonchev–Trinajstić information content (AvgIpc) is 3.98. The smallest absolute Gasteiger partial charge is 0.255 e. The highest BCUT2D eigenvalue weighted by molar-refractivity contribution is 6.05. The van der Waals surface area contributed by atoms with Crippen LogP contribution in [0.15, 0.2) is 91.3 Å². The number of rotatable bonds is 23. The van der Waals surface area contributed by atoms with Gasteiger partial charge in [0.2, 0.25) is 11.8 Å². The van der Waals surface area contributed by atoms with E-state index in [0.717, 1.165) is 85.6 Å². The van der Waals surface area contributed by atoms with Crippen LogP contribution >= 0.6 is 12.4 Å². The number of pyridine rings is 1. The Balaban J connectivity index is 0.00000703. The molecule has 8 rings (SSSR count). The highest BCUT2D eigenvalue weighted by atomic mass is 35.5. The molecular weight excluding hydrogens is 902 g/mol. The highest BCUT2D eigenvalue weighted by Gasteiger charge is 2.40. The van der Waals surface area contributed by atoms with Crippen molar-refractivity contribution in [3.63, 3.8) is 0 Å². The van der Waals surface area contributed by atoms with Crippen molar-refractivity contribution < 1.29 is 38.1 Å². The van der Waals surface area contributed by atoms with Gasteiger partial charge < -0.3 is 44.4 Å². The van der Waals surface area contributed by atoms with Crippen molar-refractivity contribution in [3.05, 3.63) is 119 Å². The number of amides is 4. The summed E-state index contributed by atoms with van der Waals surface area (Å²) < 4.78 is 23.5. The van der Waals surface area contributed by atoms with E-state index in [2.05, 4.69) is 48.1 Å². The van der Waals surface area contributed by atoms with Crippen LogP contribution in [0.1, 0.15) is 102 Å². The van der Waals surface area contributed by atoms with Crippen LogP contribution in [0.3, 0.4) is 0 Å². The third kappa shape index (κ3) is 13.2. The Hall–Kier alpha value is -6.40. The van der Waals surface area contributed by atoms with Crippen LogP contribution in [0, 0.1) is 0 Å². The van der Waals surface area contributed by atoms with E-state index in [0.29, 0.717) is 75.3 Å². The fourth-order valence-electron chi connectivity index (χ4n) is 8.79. The minimum atomic E-state index is -0.642. The lowest BCUT2D eigenvalue weighted by Gasteiger charge is -2.40. The SMILES string of the molecule is CC(NC(=O)c1cccc(NC2(c3nnc(-c4ccncc4)[nH]3)CCN(C)CC2)c1)c1cccc(OCCCCCOCCCOCCOc2ccc3c(c2)CN(C2CCC(=O)NC2=O)C3=O)c1.Cl. The van der Waals surface area contributed by atoms with Crippen molar-refractivity contribution >= 4 is 41.7 Å². The molecule has 2 aromatic heterocycles. The van der Waals surface area contributed by atoms with E-state index >= 15 is 0 Å². The highest BCUT2D eigenvalue weighted by Crippen LogP contribution is 2.36. The van der Waals surface area contributed by atoms with Gasteiger partial charge in [0.1, 0.15) is 24.1 Å². The van der Waals surface area contributed by atoms with E-state index in [4.69, 9.17) is 18.9 Å². The van der Waals surface area contributed by atoms with Crippen LogP contribution in [-0.4, -0.2) is 119 Å². The lowest BCUT2D eigenvalue weighted by Crippen LogP contribution is -2.52. The number of aromatic amines is 1. The molecule has 2 atom stereocenters. The van der Waals surface area contributed by atoms with Gasteiger partial charge in [-0.2, -0.15) is 0 Å². The zero-order valence-corrected chi connectivity index (χ0v) is 40.1. The molecule has 0 spiro atoms. The number of piperidine rings is 2. The Morgan fingerprint density at radius 1 is 0.826 bits per heavy atom. The first-order chi connectivity index (χ1) is 33.1. The molecule has 3 aliphatic rings. The van der Waals surface area contributed by atoms with E-state index in [-0.39, 0.29) is 42.6 Å². The maximum atomic E-state index is 13.6. The molecule has 5 heterocycles. The number of nitrogens with one attached hydrogen (secondary N) is 4. The number of H-pyrrole nitrogens is 1. The number of imide groups is 1. The monoisotopic (exact) mass is 963 g/mol. The number of fused-ring (bicyclic) bond motifs is 1. The van der Waals surface area contributed by atoms with Crippen LogP contribution in [0.5, 0.6) is 11.5 Å². The third-order valence-electron chi connectivity index (χ3n) is 12.7. The van der Waals surface area contributed by atoms with E-state index in [1.54, 1.807) is 24.5 Å². The Kier molecular flexibility index (Phi) is 17.7. The molecule has 2 fully saturated rings. The summed E-state index contributed by atoms with van der Waals surface area (Å²) in [5.74, 6) is 1.76. The van der Waals surface area contributed by atoms with Crippen LogP contribution in [-0.2, 0) is 31.1 Å². The van der Waals surface area contributed by atoms with Crippen molar-refractivity contribution in [1.29, 1.82) is 0 Å². The largest absolute Gasteiger partial charge is 0.494 e. The summed E-state index contributed by atoms with van der Waals surface area (Å²) in [6.07, 6.45) is 9.24. The van der Waals surface area contributed by atoms with Crippen molar-refractivity contribution in [2.24, 2.45) is 0 Å². The van der Waals surface area contributed by atoms with Gasteiger partial charge >= 0.3 is 0 Å². The second-order valence-electron chi connectivity index (χ2n) is 17.7. The van der Waals surface area contributed by atoms with Crippen LogP contribution < -0.4 is 25.4 Å². The van der Waals surface area contributed by atoms with Gasteiger partial charge in [-0.1, -0.05) is 18.2 Å². The topological polar surface area (TPSA) is 202 Å². The van der Waals surface area contributed by atoms with Crippen molar-refractivity contribution in [3.8, 4) is 22.9 Å². The minimum Gasteiger partial charge on any atom is -0.494 e. The molecule has 5 aromatic rings. The molecule has 69 heavy (non-hydrogen) atoms. The first-order valence-electron chi connectivity index (χ1n) is 23.6. The molecule has 0 radical (unpaired) electrons. The van der Waals surface area contributed by atoms with Crippen LogP contribution in [0.4, 0.5) is 5.69 Å². The third-order valence-corrected chi connectivity index (χ3v) is 12.7. The zero-order chi connectivity index (χ0) is 47.3. The maximum Gasteiger partial charge on any atom is 0.255 e. The molecule has 0 bridgehead atoms. The number of hydrogen-bond acceptors (Lipinski definition) is 13. The van der Waals surface area contributed by atoms with Crippen molar-refractivity contribution in [1.82, 2.24) is 40.6 Å². The first-order valence-corrected chi connectivity index (χ1v) is 23.6. The molecule has 4 amide bonds. The number of unbranched alkanes of at least 4 members (excludes halogenated alkanes) is 2. The summed E-state index contributed by atoms with van der Waals surface area (Å²) >= 11 is 0. The maximum absolute atomic E-state index is 13.6. The van der Waals surface area contributed by atoms with Crippen LogP contribution in [0.2, 0.25) is 0 Å². The number of halogens is 1. The normalized spacial score (nSPS) is 17.1. The van der Waals surface area contributed by atoms with Crippen LogP contribution in [0.25, 0.3) is 11.4 Å². The van der Waals surface area contributed by atoms with Crippen molar-refractivity contribution in [2.75, 3.05) is 65.1 Å². The quantitative estimate of drug-likeness (QED) is 0.0402. The van der Waals surface area contributed by atoms with Gasteiger partial charge in [0.15, 0.2) is 11.6 Å². The molecule has 2 unspecified atom stereocenters. The first kappa shape index (κ1) is 50.5. The lowest BCUT2D eigenvalue weighted by atomic mass is 9.86. The number of carbonyl (C=O) groups excluding carboxylic acids is 4. The summed E-state index contributed by atoms with van der Waals surface area (Å²) in [6, 6.07) is 23.7. The summed E-state index contributed by atoms with van der Waals surface area (Å²) in [4.78, 5) is 61.8. The van der Waals surface area contributed by atoms with Gasteiger partial charge in [-0.05, 0) is 131 Å². The van der Waals surface area contributed by atoms with Gasteiger partial charge in [-0.15, -0.1) is 22.6 Å². The Labute approximate surface area is 408 Å². The Morgan fingerprint density at radius 3 is 2.38 bits per heavy atom. The Morgan fingerprint density at radius 2 is 1.57 bits per heavy atom. The molecule has 0 saturated carbocycles. The molecular formula is C51H62ClN9O8. The van der Waals surface area contributed by atoms with E-state index in [1.807, 2.05) is 73.7 Å². The number of nitrogens with zero attached hydrogens (tertiary/aromatic N) is 5. The fourth-order valence-corrected chi connectivity index (χ4v) is 8.79. The Bertz CT molecular complexity index is 2520. The van der Waals surface area contributed by atoms with Gasteiger partial charge in [-0.3, -0.25) is 29.5 Å². The fraction of sp³-hybridized carbons (Fsp3) is 0.431. The van der Waals surface area contributed by atoms with E-state index < -0.39 is 17.5 Å². The predicted octanol–water partition coefficient (Wildman–Crippen LogP) is 6.62. The number of ether oxygens (including phenoxy) is 4. The van der Waals surface area contributed by atoms with E-state index in [1.165, 1.54) is 4.90 Å². The van der Waals surface area contributed by atoms with E-state index in [9.17, 15) is 19.2 Å². The lowest BCUT2D eigenvalue weighted by molar-refractivity contribution is -0.136. The predicted molar refractivity (Wildman–Crippen MR) is 261 cm³/mol. The molecule has 4 N–H and O–H groups in total. The average molecular weight is 965 g/mol. The number of likely N-dealkylation sites (tertiary alicyclic amines) is 1. The molecule has 18 heteroatoms. The standard InChI is InChI=1S/C51H61N9O8.ClH/c1-35(53-47(62)38-10-6-11-40(31-38)56-51(19-23-59(2)24-20-51)50-55-46(57-58-50)36-17-21-52-22-18-36)37-9-7-12-41(32-37)67-28-5-3-4-25-65-26-8-27-66-29-30-68-42-13-14-43-39(33-42)34-60(49(43)64)44-15-16-45(61)54-48(44)63;/h6-7,9-14,17-18,21-22,31-33,35,44,56H,3-5,8,15-16,19-20,23-30,34H2,1-2H3,(H,53,62)(H,54,61,63)(H,55,57,58);1H. The van der Waals surface area contributed by atoms with Crippen molar-refractivity contribution in [2.45, 2.75) is 82.5 Å².